The molecule has 0 saturated heterocycles. The molecule has 0 amide bonds. The highest BCUT2D eigenvalue weighted by atomic mass is 32.1. The molecule has 0 bridgehead atoms. The fourth-order valence-corrected chi connectivity index (χ4v) is 8.90. The van der Waals surface area contributed by atoms with Crippen molar-refractivity contribution in [1.82, 2.24) is 15.0 Å². The third-order valence-electron chi connectivity index (χ3n) is 10.5. The van der Waals surface area contributed by atoms with Crippen LogP contribution in [-0.4, -0.2) is 15.0 Å². The van der Waals surface area contributed by atoms with E-state index in [0.717, 1.165) is 55.3 Å². The van der Waals surface area contributed by atoms with Gasteiger partial charge in [0, 0.05) is 47.6 Å². The van der Waals surface area contributed by atoms with Gasteiger partial charge >= 0.3 is 0 Å². The van der Waals surface area contributed by atoms with Crippen LogP contribution in [0.3, 0.4) is 0 Å². The molecule has 0 spiro atoms. The van der Waals surface area contributed by atoms with Crippen LogP contribution >= 0.6 is 11.3 Å². The van der Waals surface area contributed by atoms with E-state index in [2.05, 4.69) is 127 Å². The fourth-order valence-electron chi connectivity index (χ4n) is 7.78. The molecule has 0 N–H and O–H groups in total. The summed E-state index contributed by atoms with van der Waals surface area (Å²) in [6.07, 6.45) is 0. The van der Waals surface area contributed by atoms with E-state index in [1.807, 2.05) is 72.0 Å². The molecule has 0 unspecified atom stereocenters. The van der Waals surface area contributed by atoms with Crippen molar-refractivity contribution in [2.45, 2.75) is 0 Å². The third-order valence-corrected chi connectivity index (χ3v) is 11.7. The van der Waals surface area contributed by atoms with E-state index >= 15 is 0 Å². The molecule has 5 heteroatoms. The largest absolute Gasteiger partial charge is 0.456 e. The Morgan fingerprint density at radius 3 is 1.59 bits per heavy atom. The van der Waals surface area contributed by atoms with Crippen LogP contribution < -0.4 is 0 Å². The average Bonchev–Trinajstić information content (AvgIpc) is 3.84. The topological polar surface area (TPSA) is 51.8 Å². The Labute approximate surface area is 327 Å². The van der Waals surface area contributed by atoms with Gasteiger partial charge in [0.2, 0.25) is 0 Å². The number of rotatable bonds is 6. The van der Waals surface area contributed by atoms with Gasteiger partial charge in [-0.3, -0.25) is 0 Å². The minimum atomic E-state index is 0.626. The van der Waals surface area contributed by atoms with Gasteiger partial charge in [0.05, 0.1) is 0 Å². The van der Waals surface area contributed by atoms with Crippen molar-refractivity contribution < 1.29 is 4.42 Å². The van der Waals surface area contributed by atoms with Crippen LogP contribution in [0.2, 0.25) is 0 Å². The molecule has 0 fully saturated rings. The van der Waals surface area contributed by atoms with Crippen LogP contribution in [-0.2, 0) is 0 Å². The predicted molar refractivity (Wildman–Crippen MR) is 233 cm³/mol. The zero-order valence-corrected chi connectivity index (χ0v) is 30.9. The number of benzene rings is 8. The van der Waals surface area contributed by atoms with E-state index in [9.17, 15) is 0 Å². The van der Waals surface area contributed by atoms with Crippen molar-refractivity contribution in [3.8, 4) is 67.5 Å². The van der Waals surface area contributed by atoms with Crippen molar-refractivity contribution >= 4 is 53.4 Å². The highest BCUT2D eigenvalue weighted by Gasteiger charge is 2.17. The summed E-state index contributed by atoms with van der Waals surface area (Å²) in [5.74, 6) is 1.91. The van der Waals surface area contributed by atoms with Gasteiger partial charge in [-0.15, -0.1) is 11.3 Å². The number of hydrogen-bond donors (Lipinski definition) is 0. The standard InChI is InChI=1S/C51H31N3OS/c1-4-12-32(13-5-1)35-24-27-46-43(29-35)41-25-22-37(31-47(41)56-46)36-23-26-42-45(30-36)55-44-21-11-20-40(48(42)44)38-18-10-19-39(28-38)51-53-49(33-14-6-2-7-15-33)52-50(54-51)34-16-8-3-9-17-34/h1-31H. The summed E-state index contributed by atoms with van der Waals surface area (Å²) in [5.41, 5.74) is 11.5. The lowest BCUT2D eigenvalue weighted by Gasteiger charge is -2.10. The summed E-state index contributed by atoms with van der Waals surface area (Å²) >= 11 is 1.84. The second kappa shape index (κ2) is 13.3. The molecular formula is C51H31N3OS. The molecule has 0 aliphatic heterocycles. The van der Waals surface area contributed by atoms with Crippen molar-refractivity contribution in [2.75, 3.05) is 0 Å². The van der Waals surface area contributed by atoms with Crippen molar-refractivity contribution in [3.63, 3.8) is 0 Å². The summed E-state index contributed by atoms with van der Waals surface area (Å²) in [5, 5.41) is 4.75. The summed E-state index contributed by atoms with van der Waals surface area (Å²) < 4.78 is 9.16. The van der Waals surface area contributed by atoms with Gasteiger partial charge in [0.1, 0.15) is 11.2 Å². The quantitative estimate of drug-likeness (QED) is 0.171. The monoisotopic (exact) mass is 733 g/mol. The first kappa shape index (κ1) is 32.2. The zero-order chi connectivity index (χ0) is 37.0. The highest BCUT2D eigenvalue weighted by Crippen LogP contribution is 2.41. The van der Waals surface area contributed by atoms with Crippen LogP contribution in [0.1, 0.15) is 0 Å². The van der Waals surface area contributed by atoms with E-state index in [1.54, 1.807) is 0 Å². The lowest BCUT2D eigenvalue weighted by atomic mass is 9.96. The Kier molecular flexibility index (Phi) is 7.64. The van der Waals surface area contributed by atoms with Crippen LogP contribution in [0.15, 0.2) is 192 Å². The average molecular weight is 734 g/mol. The lowest BCUT2D eigenvalue weighted by molar-refractivity contribution is 0.669. The highest BCUT2D eigenvalue weighted by molar-refractivity contribution is 7.25. The molecular weight excluding hydrogens is 703 g/mol. The first-order valence-corrected chi connectivity index (χ1v) is 19.5. The van der Waals surface area contributed by atoms with Crippen molar-refractivity contribution in [2.24, 2.45) is 0 Å². The normalized spacial score (nSPS) is 11.6. The predicted octanol–water partition coefficient (Wildman–Crippen LogP) is 14.1. The molecule has 56 heavy (non-hydrogen) atoms. The van der Waals surface area contributed by atoms with E-state index in [0.29, 0.717) is 17.5 Å². The van der Waals surface area contributed by atoms with Gasteiger partial charge in [0.25, 0.3) is 0 Å². The number of furan rings is 1. The second-order valence-corrected chi connectivity index (χ2v) is 15.1. The van der Waals surface area contributed by atoms with E-state index in [-0.39, 0.29) is 0 Å². The summed E-state index contributed by atoms with van der Waals surface area (Å²) in [7, 11) is 0. The Bertz CT molecular complexity index is 3180. The smallest absolute Gasteiger partial charge is 0.164 e. The van der Waals surface area contributed by atoms with Crippen molar-refractivity contribution in [1.29, 1.82) is 0 Å². The minimum absolute atomic E-state index is 0.626. The number of hydrogen-bond acceptors (Lipinski definition) is 5. The number of aromatic nitrogens is 3. The lowest BCUT2D eigenvalue weighted by Crippen LogP contribution is -2.00. The van der Waals surface area contributed by atoms with Crippen molar-refractivity contribution in [3.05, 3.63) is 188 Å². The third kappa shape index (κ3) is 5.65. The molecule has 0 saturated carbocycles. The Balaban J connectivity index is 0.975. The van der Waals surface area contributed by atoms with Gasteiger partial charge in [-0.05, 0) is 75.8 Å². The summed E-state index contributed by atoms with van der Waals surface area (Å²) in [6, 6.07) is 65.7. The molecule has 3 heterocycles. The number of thiophene rings is 1. The van der Waals surface area contributed by atoms with Crippen LogP contribution in [0.5, 0.6) is 0 Å². The van der Waals surface area contributed by atoms with Gasteiger partial charge in [-0.25, -0.2) is 15.0 Å². The fraction of sp³-hybridized carbons (Fsp3) is 0. The molecule has 11 rings (SSSR count). The van der Waals surface area contributed by atoms with Gasteiger partial charge in [0.15, 0.2) is 17.5 Å². The molecule has 0 aliphatic carbocycles. The maximum Gasteiger partial charge on any atom is 0.164 e. The Morgan fingerprint density at radius 2 is 0.875 bits per heavy atom. The Hall–Kier alpha value is -7.21. The van der Waals surface area contributed by atoms with E-state index in [4.69, 9.17) is 19.4 Å². The molecule has 0 atom stereocenters. The van der Waals surface area contributed by atoms with Gasteiger partial charge in [-0.1, -0.05) is 146 Å². The maximum atomic E-state index is 6.58. The first-order chi connectivity index (χ1) is 27.7. The zero-order valence-electron chi connectivity index (χ0n) is 30.1. The molecule has 8 aromatic carbocycles. The summed E-state index contributed by atoms with van der Waals surface area (Å²) in [4.78, 5) is 14.8. The Morgan fingerprint density at radius 1 is 0.321 bits per heavy atom. The molecule has 4 nitrogen and oxygen atoms in total. The second-order valence-electron chi connectivity index (χ2n) is 14.0. The first-order valence-electron chi connectivity index (χ1n) is 18.7. The molecule has 0 radical (unpaired) electrons. The van der Waals surface area contributed by atoms with Crippen LogP contribution in [0.25, 0.3) is 110 Å². The molecule has 3 aromatic heterocycles. The van der Waals surface area contributed by atoms with Gasteiger partial charge < -0.3 is 4.42 Å². The summed E-state index contributed by atoms with van der Waals surface area (Å²) in [6.45, 7) is 0. The number of fused-ring (bicyclic) bond motifs is 6. The molecule has 0 aliphatic rings. The maximum absolute atomic E-state index is 6.58. The van der Waals surface area contributed by atoms with Gasteiger partial charge in [-0.2, -0.15) is 0 Å². The minimum Gasteiger partial charge on any atom is -0.456 e. The van der Waals surface area contributed by atoms with Crippen LogP contribution in [0, 0.1) is 0 Å². The number of nitrogens with zero attached hydrogens (tertiary/aromatic N) is 3. The van der Waals surface area contributed by atoms with E-state index < -0.39 is 0 Å². The molecule has 262 valence electrons. The molecule has 11 aromatic rings. The van der Waals surface area contributed by atoms with Crippen LogP contribution in [0.4, 0.5) is 0 Å². The van der Waals surface area contributed by atoms with E-state index in [1.165, 1.54) is 36.9 Å². The SMILES string of the molecule is c1ccc(-c2ccc3sc4cc(-c5ccc6c(c5)oc5cccc(-c7cccc(-c8nc(-c9ccccc9)nc(-c9ccccc9)n8)c7)c56)ccc4c3c2)cc1.